The van der Waals surface area contributed by atoms with Gasteiger partial charge < -0.3 is 10.1 Å². The number of anilines is 1. The molecule has 1 aliphatic rings. The van der Waals surface area contributed by atoms with Gasteiger partial charge in [0, 0.05) is 25.0 Å². The number of amides is 1. The van der Waals surface area contributed by atoms with Crippen LogP contribution in [0.5, 0.6) is 5.75 Å². The molecule has 1 heterocycles. The zero-order valence-corrected chi connectivity index (χ0v) is 20.2. The van der Waals surface area contributed by atoms with E-state index in [-0.39, 0.29) is 24.7 Å². The number of carbonyl (C=O) groups is 1. The number of methoxy groups -OCH3 is 1. The Morgan fingerprint density at radius 3 is 2.37 bits per heavy atom. The monoisotopic (exact) mass is 497 g/mol. The second kappa shape index (κ2) is 10.5. The van der Waals surface area contributed by atoms with Crippen LogP contribution in [0.3, 0.4) is 0 Å². The third-order valence-corrected chi connectivity index (χ3v) is 7.95. The predicted molar refractivity (Wildman–Crippen MR) is 133 cm³/mol. The summed E-state index contributed by atoms with van der Waals surface area (Å²) in [4.78, 5) is 13.0. The summed E-state index contributed by atoms with van der Waals surface area (Å²) in [6.45, 7) is 0.854. The SMILES string of the molecule is COc1ccccc1C(=O)NCC1(c2ccccc2)CCN(S(=O)(=O)Nc2cccc(F)c2)CC1. The average Bonchev–Trinajstić information content (AvgIpc) is 2.87. The van der Waals surface area contributed by atoms with E-state index in [9.17, 15) is 17.6 Å². The van der Waals surface area contributed by atoms with E-state index < -0.39 is 21.4 Å². The molecule has 1 saturated heterocycles. The van der Waals surface area contributed by atoms with Crippen LogP contribution in [0.2, 0.25) is 0 Å². The molecule has 184 valence electrons. The third-order valence-electron chi connectivity index (χ3n) is 6.42. The number of rotatable bonds is 8. The molecule has 1 aliphatic heterocycles. The van der Waals surface area contributed by atoms with Crippen LogP contribution in [0.15, 0.2) is 78.9 Å². The zero-order valence-electron chi connectivity index (χ0n) is 19.4. The molecule has 3 aromatic carbocycles. The molecule has 0 unspecified atom stereocenters. The molecule has 9 heteroatoms. The number of benzene rings is 3. The van der Waals surface area contributed by atoms with Gasteiger partial charge in [0.05, 0.1) is 18.4 Å². The molecule has 0 spiro atoms. The van der Waals surface area contributed by atoms with E-state index in [0.29, 0.717) is 30.7 Å². The molecule has 0 aliphatic carbocycles. The minimum Gasteiger partial charge on any atom is -0.496 e. The van der Waals surface area contributed by atoms with Crippen molar-refractivity contribution in [3.05, 3.63) is 95.8 Å². The lowest BCUT2D eigenvalue weighted by molar-refractivity contribution is 0.0930. The molecule has 3 aromatic rings. The van der Waals surface area contributed by atoms with Crippen LogP contribution in [-0.2, 0) is 15.6 Å². The summed E-state index contributed by atoms with van der Waals surface area (Å²) in [5, 5.41) is 3.04. The van der Waals surface area contributed by atoms with E-state index in [2.05, 4.69) is 10.0 Å². The van der Waals surface area contributed by atoms with Gasteiger partial charge in [-0.2, -0.15) is 12.7 Å². The van der Waals surface area contributed by atoms with E-state index in [1.165, 1.54) is 29.6 Å². The van der Waals surface area contributed by atoms with Gasteiger partial charge in [-0.15, -0.1) is 0 Å². The average molecular weight is 498 g/mol. The highest BCUT2D eigenvalue weighted by atomic mass is 32.2. The van der Waals surface area contributed by atoms with Crippen LogP contribution >= 0.6 is 0 Å². The Labute approximate surface area is 205 Å². The maximum absolute atomic E-state index is 13.5. The highest BCUT2D eigenvalue weighted by Gasteiger charge is 2.39. The van der Waals surface area contributed by atoms with Crippen LogP contribution in [-0.4, -0.2) is 45.4 Å². The molecule has 2 N–H and O–H groups in total. The highest BCUT2D eigenvalue weighted by molar-refractivity contribution is 7.90. The molecule has 7 nitrogen and oxygen atoms in total. The summed E-state index contributed by atoms with van der Waals surface area (Å²) in [6.07, 6.45) is 1.01. The van der Waals surface area contributed by atoms with Crippen molar-refractivity contribution in [2.75, 3.05) is 31.5 Å². The van der Waals surface area contributed by atoms with Gasteiger partial charge in [0.1, 0.15) is 11.6 Å². The Bertz CT molecular complexity index is 1280. The Balaban J connectivity index is 1.50. The molecule has 1 amide bonds. The van der Waals surface area contributed by atoms with E-state index in [0.717, 1.165) is 11.6 Å². The van der Waals surface area contributed by atoms with Gasteiger partial charge in [-0.1, -0.05) is 48.5 Å². The van der Waals surface area contributed by atoms with Crippen molar-refractivity contribution in [1.29, 1.82) is 0 Å². The lowest BCUT2D eigenvalue weighted by Gasteiger charge is -2.41. The maximum Gasteiger partial charge on any atom is 0.301 e. The Hall–Kier alpha value is -3.43. The largest absolute Gasteiger partial charge is 0.496 e. The first-order valence-electron chi connectivity index (χ1n) is 11.3. The fourth-order valence-electron chi connectivity index (χ4n) is 4.46. The number of ether oxygens (including phenoxy) is 1. The summed E-state index contributed by atoms with van der Waals surface area (Å²) in [5.74, 6) is -0.276. The van der Waals surface area contributed by atoms with Crippen molar-refractivity contribution in [2.45, 2.75) is 18.3 Å². The third kappa shape index (κ3) is 5.63. The molecular formula is C26H28FN3O4S. The first-order chi connectivity index (χ1) is 16.8. The van der Waals surface area contributed by atoms with Gasteiger partial charge >= 0.3 is 10.2 Å². The number of nitrogens with one attached hydrogen (secondary N) is 2. The van der Waals surface area contributed by atoms with E-state index in [1.54, 1.807) is 24.3 Å². The van der Waals surface area contributed by atoms with Gasteiger partial charge in [-0.05, 0) is 48.7 Å². The van der Waals surface area contributed by atoms with Crippen LogP contribution in [0, 0.1) is 5.82 Å². The smallest absolute Gasteiger partial charge is 0.301 e. The van der Waals surface area contributed by atoms with Gasteiger partial charge in [-0.25, -0.2) is 4.39 Å². The standard InChI is InChI=1S/C26H28FN3O4S/c1-34-24-13-6-5-12-23(24)25(31)28-19-26(20-8-3-2-4-9-20)14-16-30(17-15-26)35(32,33)29-22-11-7-10-21(27)18-22/h2-13,18,29H,14-17,19H2,1H3,(H,28,31). The molecule has 35 heavy (non-hydrogen) atoms. The summed E-state index contributed by atoms with van der Waals surface area (Å²) in [5.41, 5.74) is 1.21. The van der Waals surface area contributed by atoms with E-state index >= 15 is 0 Å². The Kier molecular flexibility index (Phi) is 7.37. The summed E-state index contributed by atoms with van der Waals surface area (Å²) in [6, 6.07) is 22.2. The van der Waals surface area contributed by atoms with Crippen molar-refractivity contribution in [2.24, 2.45) is 0 Å². The summed E-state index contributed by atoms with van der Waals surface area (Å²) < 4.78 is 48.5. The van der Waals surface area contributed by atoms with E-state index in [4.69, 9.17) is 4.74 Å². The Morgan fingerprint density at radius 2 is 1.69 bits per heavy atom. The number of carbonyl (C=O) groups excluding carboxylic acids is 1. The first-order valence-corrected chi connectivity index (χ1v) is 12.8. The van der Waals surface area contributed by atoms with Crippen LogP contribution in [0.25, 0.3) is 0 Å². The van der Waals surface area contributed by atoms with Crippen molar-refractivity contribution in [3.63, 3.8) is 0 Å². The van der Waals surface area contributed by atoms with Crippen LogP contribution < -0.4 is 14.8 Å². The molecule has 0 atom stereocenters. The summed E-state index contributed by atoms with van der Waals surface area (Å²) >= 11 is 0. The number of piperidine rings is 1. The second-order valence-corrected chi connectivity index (χ2v) is 10.2. The number of hydrogen-bond donors (Lipinski definition) is 2. The van der Waals surface area contributed by atoms with Crippen LogP contribution in [0.1, 0.15) is 28.8 Å². The molecule has 0 bridgehead atoms. The van der Waals surface area contributed by atoms with Gasteiger partial charge in [-0.3, -0.25) is 9.52 Å². The number of hydrogen-bond acceptors (Lipinski definition) is 4. The molecule has 0 saturated carbocycles. The van der Waals surface area contributed by atoms with Gasteiger partial charge in [0.2, 0.25) is 0 Å². The fraction of sp³-hybridized carbons (Fsp3) is 0.269. The maximum atomic E-state index is 13.5. The quantitative estimate of drug-likeness (QED) is 0.493. The Morgan fingerprint density at radius 1 is 1.00 bits per heavy atom. The fourth-order valence-corrected chi connectivity index (χ4v) is 5.67. The van der Waals surface area contributed by atoms with Crippen molar-refractivity contribution in [1.82, 2.24) is 9.62 Å². The van der Waals surface area contributed by atoms with Crippen molar-refractivity contribution < 1.29 is 22.3 Å². The summed E-state index contributed by atoms with van der Waals surface area (Å²) in [7, 11) is -2.34. The second-order valence-electron chi connectivity index (χ2n) is 8.55. The minimum absolute atomic E-state index is 0.175. The van der Waals surface area contributed by atoms with Gasteiger partial charge in [0.25, 0.3) is 5.91 Å². The number of halogens is 1. The molecule has 0 aromatic heterocycles. The topological polar surface area (TPSA) is 87.7 Å². The normalized spacial score (nSPS) is 15.8. The van der Waals surface area contributed by atoms with Crippen molar-refractivity contribution in [3.8, 4) is 5.75 Å². The predicted octanol–water partition coefficient (Wildman–Crippen LogP) is 3.95. The molecule has 1 fully saturated rings. The lowest BCUT2D eigenvalue weighted by Crippen LogP contribution is -2.51. The molecular weight excluding hydrogens is 469 g/mol. The first kappa shape index (κ1) is 24.7. The zero-order chi connectivity index (χ0) is 24.9. The van der Waals surface area contributed by atoms with Gasteiger partial charge in [0.15, 0.2) is 0 Å². The van der Waals surface area contributed by atoms with E-state index in [1.807, 2.05) is 30.3 Å². The highest BCUT2D eigenvalue weighted by Crippen LogP contribution is 2.36. The lowest BCUT2D eigenvalue weighted by atomic mass is 9.73. The molecule has 0 radical (unpaired) electrons. The number of nitrogens with zero attached hydrogens (tertiary/aromatic N) is 1. The minimum atomic E-state index is -3.86. The number of para-hydroxylation sites is 1. The van der Waals surface area contributed by atoms with Crippen molar-refractivity contribution >= 4 is 21.8 Å². The molecule has 4 rings (SSSR count). The van der Waals surface area contributed by atoms with Crippen LogP contribution in [0.4, 0.5) is 10.1 Å².